The van der Waals surface area contributed by atoms with Crippen molar-refractivity contribution in [1.82, 2.24) is 0 Å². The highest BCUT2D eigenvalue weighted by atomic mass is 79.9. The number of halogens is 1. The second kappa shape index (κ2) is 5.80. The van der Waals surface area contributed by atoms with Gasteiger partial charge in [0.2, 0.25) is 0 Å². The molecule has 84 valence electrons. The van der Waals surface area contributed by atoms with Crippen molar-refractivity contribution >= 4 is 0 Å². The van der Waals surface area contributed by atoms with Gasteiger partial charge in [-0.25, -0.2) is 0 Å². The largest absolute Gasteiger partial charge is 1.00 e. The Labute approximate surface area is 108 Å². The lowest BCUT2D eigenvalue weighted by atomic mass is 10.1. The maximum Gasteiger partial charge on any atom is 0.178 e. The first kappa shape index (κ1) is 12.9. The van der Waals surface area contributed by atoms with Crippen LogP contribution in [0.5, 0.6) is 0 Å². The highest BCUT2D eigenvalue weighted by Crippen LogP contribution is 2.03. The maximum atomic E-state index is 2.26. The molecule has 0 unspecified atom stereocenters. The molecule has 1 nitrogen and oxygen atoms in total. The molecule has 0 aliphatic carbocycles. The molecule has 1 heterocycles. The van der Waals surface area contributed by atoms with E-state index in [1.54, 1.807) is 0 Å². The highest BCUT2D eigenvalue weighted by molar-refractivity contribution is 5.21. The predicted octanol–water partition coefficient (Wildman–Crippen LogP) is -0.357. The fourth-order valence-corrected chi connectivity index (χ4v) is 1.75. The molecule has 2 aromatic rings. The highest BCUT2D eigenvalue weighted by Gasteiger charge is 2.05. The fourth-order valence-electron chi connectivity index (χ4n) is 1.75. The summed E-state index contributed by atoms with van der Waals surface area (Å²) in [6.07, 6.45) is 2.12. The second-order valence-corrected chi connectivity index (χ2v) is 3.96. The summed E-state index contributed by atoms with van der Waals surface area (Å²) in [5.74, 6) is 0. The first-order chi connectivity index (χ1) is 7.25. The Morgan fingerprint density at radius 1 is 1.00 bits per heavy atom. The van der Waals surface area contributed by atoms with E-state index in [4.69, 9.17) is 0 Å². The Bertz CT molecular complexity index is 466. The molecule has 0 amide bonds. The number of rotatable bonds is 2. The van der Waals surface area contributed by atoms with Crippen LogP contribution < -0.4 is 21.5 Å². The Balaban J connectivity index is 0.00000128. The van der Waals surface area contributed by atoms with Crippen molar-refractivity contribution in [1.29, 1.82) is 0 Å². The van der Waals surface area contributed by atoms with Crippen LogP contribution >= 0.6 is 0 Å². The van der Waals surface area contributed by atoms with Crippen LogP contribution in [0.15, 0.2) is 48.7 Å². The minimum absolute atomic E-state index is 0. The van der Waals surface area contributed by atoms with E-state index in [1.165, 1.54) is 16.8 Å². The van der Waals surface area contributed by atoms with E-state index in [0.717, 1.165) is 6.54 Å². The van der Waals surface area contributed by atoms with Crippen molar-refractivity contribution < 1.29 is 21.5 Å². The van der Waals surface area contributed by atoms with Gasteiger partial charge in [-0.3, -0.25) is 0 Å². The molecule has 2 heteroatoms. The van der Waals surface area contributed by atoms with Crippen LogP contribution in [0.25, 0.3) is 0 Å². The molecule has 1 aromatic carbocycles. The van der Waals surface area contributed by atoms with Crippen molar-refractivity contribution in [2.24, 2.45) is 0 Å². The minimum Gasteiger partial charge on any atom is -1.00 e. The third-order valence-electron chi connectivity index (χ3n) is 2.60. The van der Waals surface area contributed by atoms with Gasteiger partial charge in [0.05, 0.1) is 0 Å². The molecule has 0 aliphatic rings. The smallest absolute Gasteiger partial charge is 0.178 e. The summed E-state index contributed by atoms with van der Waals surface area (Å²) in [7, 11) is 0. The topological polar surface area (TPSA) is 3.88 Å². The minimum atomic E-state index is 0. The van der Waals surface area contributed by atoms with E-state index in [9.17, 15) is 0 Å². The number of aromatic nitrogens is 1. The standard InChI is InChI=1S/C14H16N.BrH/c1-12-6-5-8-14(10-12)11-15-9-4-3-7-13(15)2;/h3-10H,11H2,1-2H3;1H/q+1;/p-1. The van der Waals surface area contributed by atoms with Gasteiger partial charge < -0.3 is 17.0 Å². The molecular weight excluding hydrogens is 262 g/mol. The summed E-state index contributed by atoms with van der Waals surface area (Å²) < 4.78 is 2.26. The van der Waals surface area contributed by atoms with Gasteiger partial charge in [-0.1, -0.05) is 29.8 Å². The van der Waals surface area contributed by atoms with Gasteiger partial charge in [0.15, 0.2) is 18.4 Å². The lowest BCUT2D eigenvalue weighted by molar-refractivity contribution is -0.694. The molecule has 2 rings (SSSR count). The first-order valence-electron chi connectivity index (χ1n) is 5.26. The van der Waals surface area contributed by atoms with E-state index >= 15 is 0 Å². The Morgan fingerprint density at radius 2 is 1.81 bits per heavy atom. The summed E-state index contributed by atoms with van der Waals surface area (Å²) in [6, 6.07) is 14.9. The number of aryl methyl sites for hydroxylation is 2. The van der Waals surface area contributed by atoms with Crippen LogP contribution in [0.4, 0.5) is 0 Å². The molecule has 1 aromatic heterocycles. The van der Waals surface area contributed by atoms with Gasteiger partial charge in [0.25, 0.3) is 0 Å². The monoisotopic (exact) mass is 277 g/mol. The average Bonchev–Trinajstić information content (AvgIpc) is 2.22. The van der Waals surface area contributed by atoms with E-state index in [1.807, 2.05) is 0 Å². The number of benzene rings is 1. The van der Waals surface area contributed by atoms with Crippen molar-refractivity contribution in [2.75, 3.05) is 0 Å². The molecule has 0 bridgehead atoms. The number of hydrogen-bond acceptors (Lipinski definition) is 0. The molecule has 0 N–H and O–H groups in total. The zero-order valence-corrected chi connectivity index (χ0v) is 11.2. The summed E-state index contributed by atoms with van der Waals surface area (Å²) >= 11 is 0. The number of nitrogens with zero attached hydrogens (tertiary/aromatic N) is 1. The lowest BCUT2D eigenvalue weighted by Crippen LogP contribution is -3.00. The van der Waals surface area contributed by atoms with E-state index < -0.39 is 0 Å². The van der Waals surface area contributed by atoms with Crippen LogP contribution in [0, 0.1) is 13.8 Å². The quantitative estimate of drug-likeness (QED) is 0.661. The third-order valence-corrected chi connectivity index (χ3v) is 2.60. The summed E-state index contributed by atoms with van der Waals surface area (Å²) in [6.45, 7) is 5.22. The molecule has 0 radical (unpaired) electrons. The normalized spacial score (nSPS) is 9.62. The van der Waals surface area contributed by atoms with Gasteiger partial charge in [-0.15, -0.1) is 0 Å². The van der Waals surface area contributed by atoms with Gasteiger partial charge in [0, 0.05) is 24.6 Å². The SMILES string of the molecule is Cc1cccc(C[n+]2ccccc2C)c1.[Br-]. The van der Waals surface area contributed by atoms with E-state index in [2.05, 4.69) is 67.1 Å². The van der Waals surface area contributed by atoms with Gasteiger partial charge in [-0.2, -0.15) is 4.57 Å². The molecular formula is C14H16BrN. The predicted molar refractivity (Wildman–Crippen MR) is 61.7 cm³/mol. The molecule has 16 heavy (non-hydrogen) atoms. The Kier molecular flexibility index (Phi) is 4.69. The Morgan fingerprint density at radius 3 is 2.50 bits per heavy atom. The molecule has 0 saturated heterocycles. The molecule has 0 spiro atoms. The zero-order chi connectivity index (χ0) is 10.7. The van der Waals surface area contributed by atoms with Gasteiger partial charge in [0.1, 0.15) is 0 Å². The van der Waals surface area contributed by atoms with Crippen LogP contribution in [0.1, 0.15) is 16.8 Å². The third kappa shape index (κ3) is 3.17. The maximum absolute atomic E-state index is 2.26. The summed E-state index contributed by atoms with van der Waals surface area (Å²) in [4.78, 5) is 0. The van der Waals surface area contributed by atoms with Crippen LogP contribution in [-0.2, 0) is 6.54 Å². The van der Waals surface area contributed by atoms with E-state index in [-0.39, 0.29) is 17.0 Å². The molecule has 0 fully saturated rings. The van der Waals surface area contributed by atoms with Crippen molar-refractivity contribution in [3.8, 4) is 0 Å². The van der Waals surface area contributed by atoms with Crippen LogP contribution in [-0.4, -0.2) is 0 Å². The molecule has 0 aliphatic heterocycles. The molecule has 0 atom stereocenters. The van der Waals surface area contributed by atoms with Crippen molar-refractivity contribution in [2.45, 2.75) is 20.4 Å². The number of hydrogen-bond donors (Lipinski definition) is 0. The van der Waals surface area contributed by atoms with Gasteiger partial charge >= 0.3 is 0 Å². The zero-order valence-electron chi connectivity index (χ0n) is 9.65. The average molecular weight is 278 g/mol. The van der Waals surface area contributed by atoms with E-state index in [0.29, 0.717) is 0 Å². The fraction of sp³-hybridized carbons (Fsp3) is 0.214. The van der Waals surface area contributed by atoms with Crippen LogP contribution in [0.2, 0.25) is 0 Å². The van der Waals surface area contributed by atoms with Gasteiger partial charge in [-0.05, 0) is 13.0 Å². The molecule has 0 saturated carbocycles. The number of pyridine rings is 1. The summed E-state index contributed by atoms with van der Waals surface area (Å²) in [5, 5.41) is 0. The van der Waals surface area contributed by atoms with Crippen molar-refractivity contribution in [3.63, 3.8) is 0 Å². The second-order valence-electron chi connectivity index (χ2n) is 3.96. The summed E-state index contributed by atoms with van der Waals surface area (Å²) in [5.41, 5.74) is 3.97. The lowest BCUT2D eigenvalue weighted by Gasteiger charge is -2.01. The van der Waals surface area contributed by atoms with Crippen LogP contribution in [0.3, 0.4) is 0 Å². The Hall–Kier alpha value is -1.15. The first-order valence-corrected chi connectivity index (χ1v) is 5.26. The van der Waals surface area contributed by atoms with Crippen molar-refractivity contribution in [3.05, 3.63) is 65.5 Å².